The number of rotatable bonds is 12. The predicted molar refractivity (Wildman–Crippen MR) is 92.5 cm³/mol. The maximum Gasteiger partial charge on any atom is 0.128 e. The lowest BCUT2D eigenvalue weighted by Crippen LogP contribution is -2.15. The Bertz CT molecular complexity index is 462. The molecule has 0 amide bonds. The molecule has 0 bridgehead atoms. The van der Waals surface area contributed by atoms with Crippen LogP contribution in [0.3, 0.4) is 0 Å². The van der Waals surface area contributed by atoms with E-state index in [1.807, 2.05) is 0 Å². The van der Waals surface area contributed by atoms with Gasteiger partial charge in [-0.25, -0.2) is 0 Å². The van der Waals surface area contributed by atoms with E-state index in [0.717, 1.165) is 6.42 Å². The summed E-state index contributed by atoms with van der Waals surface area (Å²) in [5.74, 6) is 0.733. The second-order valence-electron chi connectivity index (χ2n) is 5.67. The highest BCUT2D eigenvalue weighted by Gasteiger charge is 2.03. The van der Waals surface area contributed by atoms with Gasteiger partial charge in [-0.1, -0.05) is 39.0 Å². The molecular formula is C18H29NO4. The smallest absolute Gasteiger partial charge is 0.128 e. The van der Waals surface area contributed by atoms with Gasteiger partial charge in [0.25, 0.3) is 0 Å². The normalized spacial score (nSPS) is 12.7. The molecule has 1 rings (SSSR count). The van der Waals surface area contributed by atoms with Gasteiger partial charge in [0, 0.05) is 17.8 Å². The molecule has 1 aromatic rings. The first-order valence-corrected chi connectivity index (χ1v) is 8.42. The van der Waals surface area contributed by atoms with Crippen molar-refractivity contribution in [3.63, 3.8) is 0 Å². The first kappa shape index (κ1) is 19.5. The van der Waals surface area contributed by atoms with E-state index >= 15 is 0 Å². The molecule has 0 radical (unpaired) electrons. The van der Waals surface area contributed by atoms with Crippen molar-refractivity contribution < 1.29 is 20.1 Å². The van der Waals surface area contributed by atoms with Crippen molar-refractivity contribution in [3.05, 3.63) is 23.8 Å². The Morgan fingerprint density at radius 1 is 1.17 bits per heavy atom. The Balaban J connectivity index is 2.32. The molecule has 1 atom stereocenters. The molecule has 0 saturated carbocycles. The zero-order valence-electron chi connectivity index (χ0n) is 13.9. The summed E-state index contributed by atoms with van der Waals surface area (Å²) in [7, 11) is 0. The maximum absolute atomic E-state index is 9.93. The molecule has 130 valence electrons. The number of nitrogens with zero attached hydrogens (tertiary/aromatic N) is 1. The van der Waals surface area contributed by atoms with Crippen molar-refractivity contribution in [2.24, 2.45) is 4.99 Å². The zero-order chi connectivity index (χ0) is 16.9. The molecule has 0 aliphatic carbocycles. The number of ether oxygens (including phenoxy) is 1. The standard InChI is InChI=1S/C18H29NO4/c1-2-3-4-5-6-7-10-23-17-9-8-15(18(22)11-17)12-19-13-16(21)14-20/h8-9,11-12,16,20-22H,2-7,10,13-14H2,1H3. The number of aliphatic imine (C=N–C) groups is 1. The van der Waals surface area contributed by atoms with Crippen LogP contribution in [0.15, 0.2) is 23.2 Å². The van der Waals surface area contributed by atoms with Gasteiger partial charge in [0.15, 0.2) is 0 Å². The highest BCUT2D eigenvalue weighted by atomic mass is 16.5. The average molecular weight is 323 g/mol. The number of aromatic hydroxyl groups is 1. The first-order valence-electron chi connectivity index (χ1n) is 8.42. The fourth-order valence-electron chi connectivity index (χ4n) is 2.13. The van der Waals surface area contributed by atoms with Crippen LogP contribution in [-0.4, -0.2) is 47.4 Å². The highest BCUT2D eigenvalue weighted by molar-refractivity contribution is 5.83. The molecule has 0 heterocycles. The van der Waals surface area contributed by atoms with Gasteiger partial charge >= 0.3 is 0 Å². The van der Waals surface area contributed by atoms with Gasteiger partial charge in [-0.15, -0.1) is 0 Å². The minimum Gasteiger partial charge on any atom is -0.507 e. The van der Waals surface area contributed by atoms with Crippen molar-refractivity contribution in [2.45, 2.75) is 51.6 Å². The summed E-state index contributed by atoms with van der Waals surface area (Å²) < 4.78 is 5.63. The lowest BCUT2D eigenvalue weighted by atomic mass is 10.1. The first-order chi connectivity index (χ1) is 11.2. The summed E-state index contributed by atoms with van der Waals surface area (Å²) in [6.45, 7) is 2.64. The van der Waals surface area contributed by atoms with Gasteiger partial charge in [0.1, 0.15) is 11.5 Å². The predicted octanol–water partition coefficient (Wildman–Crippen LogP) is 2.90. The minimum atomic E-state index is -0.867. The molecule has 0 aromatic heterocycles. The molecule has 23 heavy (non-hydrogen) atoms. The van der Waals surface area contributed by atoms with Crippen LogP contribution in [0, 0.1) is 0 Å². The van der Waals surface area contributed by atoms with Crippen LogP contribution in [-0.2, 0) is 0 Å². The third kappa shape index (κ3) is 8.57. The molecule has 0 aliphatic rings. The van der Waals surface area contributed by atoms with E-state index in [4.69, 9.17) is 9.84 Å². The summed E-state index contributed by atoms with van der Waals surface area (Å²) in [5, 5.41) is 27.8. The summed E-state index contributed by atoms with van der Waals surface area (Å²) in [6, 6.07) is 5.09. The molecule has 1 unspecified atom stereocenters. The fraction of sp³-hybridized carbons (Fsp3) is 0.611. The van der Waals surface area contributed by atoms with Crippen molar-refractivity contribution >= 4 is 6.21 Å². The Morgan fingerprint density at radius 3 is 2.61 bits per heavy atom. The lowest BCUT2D eigenvalue weighted by molar-refractivity contribution is 0.102. The SMILES string of the molecule is CCCCCCCCOc1ccc(C=NCC(O)CO)c(O)c1. The van der Waals surface area contributed by atoms with Crippen LogP contribution in [0.25, 0.3) is 0 Å². The molecule has 0 fully saturated rings. The van der Waals surface area contributed by atoms with E-state index in [1.165, 1.54) is 38.3 Å². The van der Waals surface area contributed by atoms with Crippen LogP contribution >= 0.6 is 0 Å². The van der Waals surface area contributed by atoms with E-state index in [1.54, 1.807) is 18.2 Å². The average Bonchev–Trinajstić information content (AvgIpc) is 2.55. The highest BCUT2D eigenvalue weighted by Crippen LogP contribution is 2.22. The Hall–Kier alpha value is -1.59. The zero-order valence-corrected chi connectivity index (χ0v) is 13.9. The molecule has 5 heteroatoms. The summed E-state index contributed by atoms with van der Waals surface area (Å²) in [4.78, 5) is 3.98. The van der Waals surface area contributed by atoms with Gasteiger partial charge in [-0.05, 0) is 18.6 Å². The van der Waals surface area contributed by atoms with E-state index in [0.29, 0.717) is 17.9 Å². The molecule has 0 spiro atoms. The molecule has 1 aromatic carbocycles. The fourth-order valence-corrected chi connectivity index (χ4v) is 2.13. The van der Waals surface area contributed by atoms with Crippen molar-refractivity contribution in [1.82, 2.24) is 0 Å². The van der Waals surface area contributed by atoms with Gasteiger partial charge in [0.2, 0.25) is 0 Å². The number of hydrogen-bond donors (Lipinski definition) is 3. The van der Waals surface area contributed by atoms with Gasteiger partial charge < -0.3 is 20.1 Å². The second-order valence-corrected chi connectivity index (χ2v) is 5.67. The number of unbranched alkanes of at least 4 members (excludes halogenated alkanes) is 5. The van der Waals surface area contributed by atoms with E-state index < -0.39 is 6.10 Å². The molecule has 0 saturated heterocycles. The van der Waals surface area contributed by atoms with Crippen molar-refractivity contribution in [1.29, 1.82) is 0 Å². The van der Waals surface area contributed by atoms with Crippen molar-refractivity contribution in [2.75, 3.05) is 19.8 Å². The minimum absolute atomic E-state index is 0.0904. The van der Waals surface area contributed by atoms with E-state index in [9.17, 15) is 10.2 Å². The van der Waals surface area contributed by atoms with Crippen molar-refractivity contribution in [3.8, 4) is 11.5 Å². The number of aliphatic hydroxyl groups excluding tert-OH is 2. The van der Waals surface area contributed by atoms with Gasteiger partial charge in [-0.3, -0.25) is 4.99 Å². The van der Waals surface area contributed by atoms with Crippen LogP contribution in [0.2, 0.25) is 0 Å². The van der Waals surface area contributed by atoms with Crippen LogP contribution < -0.4 is 4.74 Å². The molecular weight excluding hydrogens is 294 g/mol. The Morgan fingerprint density at radius 2 is 1.91 bits per heavy atom. The molecule has 0 aliphatic heterocycles. The van der Waals surface area contributed by atoms with Crippen LogP contribution in [0.1, 0.15) is 51.0 Å². The molecule has 5 nitrogen and oxygen atoms in total. The quantitative estimate of drug-likeness (QED) is 0.408. The van der Waals surface area contributed by atoms with Gasteiger partial charge in [-0.2, -0.15) is 0 Å². The second kappa shape index (κ2) is 11.9. The monoisotopic (exact) mass is 323 g/mol. The number of hydrogen-bond acceptors (Lipinski definition) is 5. The van der Waals surface area contributed by atoms with Crippen LogP contribution in [0.5, 0.6) is 11.5 Å². The third-order valence-electron chi connectivity index (χ3n) is 3.53. The van der Waals surface area contributed by atoms with Gasteiger partial charge in [0.05, 0.1) is 25.9 Å². The maximum atomic E-state index is 9.93. The van der Waals surface area contributed by atoms with E-state index in [-0.39, 0.29) is 18.9 Å². The topological polar surface area (TPSA) is 82.3 Å². The Labute approximate surface area is 138 Å². The summed E-state index contributed by atoms with van der Waals surface area (Å²) in [6.07, 6.45) is 7.89. The largest absolute Gasteiger partial charge is 0.507 e. The summed E-state index contributed by atoms with van der Waals surface area (Å²) >= 11 is 0. The third-order valence-corrected chi connectivity index (χ3v) is 3.53. The lowest BCUT2D eigenvalue weighted by Gasteiger charge is -2.08. The molecule has 3 N–H and O–H groups in total. The van der Waals surface area contributed by atoms with E-state index in [2.05, 4.69) is 11.9 Å². The number of phenolic OH excluding ortho intramolecular Hbond substituents is 1. The number of phenols is 1. The Kier molecular flexibility index (Phi) is 10.1. The number of benzene rings is 1. The van der Waals surface area contributed by atoms with Crippen LogP contribution in [0.4, 0.5) is 0 Å². The number of aliphatic hydroxyl groups is 2. The summed E-state index contributed by atoms with van der Waals surface area (Å²) in [5.41, 5.74) is 0.557.